The van der Waals surface area contributed by atoms with Gasteiger partial charge in [-0.05, 0) is 43.9 Å². The maximum atomic E-state index is 12.6. The zero-order chi connectivity index (χ0) is 21.9. The van der Waals surface area contributed by atoms with Gasteiger partial charge >= 0.3 is 0 Å². The maximum absolute atomic E-state index is 12.6. The van der Waals surface area contributed by atoms with Crippen molar-refractivity contribution < 1.29 is 9.53 Å². The standard InChI is InChI=1S/C24H39N5O2/c1-3-25-24(26-13-12-20-8-10-22(31-2)11-9-20)27-14-15-28-16-18-29(19-17-28)23(30)21-6-4-5-7-21/h8-11,21H,3-7,12-19H2,1-2H3,(H2,25,26,27). The molecule has 0 unspecified atom stereocenters. The Bertz CT molecular complexity index is 692. The summed E-state index contributed by atoms with van der Waals surface area (Å²) in [5, 5.41) is 6.75. The molecule has 1 saturated carbocycles. The van der Waals surface area contributed by atoms with Crippen molar-refractivity contribution in [2.45, 2.75) is 39.0 Å². The molecule has 172 valence electrons. The summed E-state index contributed by atoms with van der Waals surface area (Å²) in [5.41, 5.74) is 1.27. The molecule has 0 atom stereocenters. The fraction of sp³-hybridized carbons (Fsp3) is 0.667. The highest BCUT2D eigenvalue weighted by atomic mass is 16.5. The maximum Gasteiger partial charge on any atom is 0.225 e. The van der Waals surface area contributed by atoms with Gasteiger partial charge in [-0.2, -0.15) is 0 Å². The minimum absolute atomic E-state index is 0.294. The van der Waals surface area contributed by atoms with E-state index in [0.717, 1.165) is 83.3 Å². The molecule has 1 heterocycles. The van der Waals surface area contributed by atoms with Gasteiger partial charge in [0.2, 0.25) is 5.91 Å². The number of guanidine groups is 1. The molecule has 1 aromatic carbocycles. The van der Waals surface area contributed by atoms with Crippen molar-refractivity contribution in [3.63, 3.8) is 0 Å². The Morgan fingerprint density at radius 3 is 2.45 bits per heavy atom. The third kappa shape index (κ3) is 7.42. The Morgan fingerprint density at radius 2 is 1.81 bits per heavy atom. The molecule has 7 heteroatoms. The normalized spacial score (nSPS) is 18.3. The monoisotopic (exact) mass is 429 g/mol. The third-order valence-electron chi connectivity index (χ3n) is 6.28. The fourth-order valence-electron chi connectivity index (χ4n) is 4.39. The number of nitrogens with zero attached hydrogens (tertiary/aromatic N) is 3. The fourth-order valence-corrected chi connectivity index (χ4v) is 4.39. The predicted octanol–water partition coefficient (Wildman–Crippen LogP) is 2.13. The van der Waals surface area contributed by atoms with Gasteiger partial charge in [0.1, 0.15) is 5.75 Å². The van der Waals surface area contributed by atoms with Gasteiger partial charge < -0.3 is 20.3 Å². The van der Waals surface area contributed by atoms with Crippen molar-refractivity contribution in [3.8, 4) is 5.75 Å². The molecule has 7 nitrogen and oxygen atoms in total. The summed E-state index contributed by atoms with van der Waals surface area (Å²) < 4.78 is 5.21. The van der Waals surface area contributed by atoms with E-state index >= 15 is 0 Å². The molecule has 0 aromatic heterocycles. The van der Waals surface area contributed by atoms with Gasteiger partial charge in [-0.15, -0.1) is 0 Å². The van der Waals surface area contributed by atoms with Gasteiger partial charge in [-0.25, -0.2) is 0 Å². The highest BCUT2D eigenvalue weighted by Gasteiger charge is 2.29. The van der Waals surface area contributed by atoms with Crippen molar-refractivity contribution in [1.29, 1.82) is 0 Å². The lowest BCUT2D eigenvalue weighted by Gasteiger charge is -2.35. The van der Waals surface area contributed by atoms with Crippen LogP contribution < -0.4 is 15.4 Å². The molecule has 0 radical (unpaired) electrons. The second-order valence-corrected chi connectivity index (χ2v) is 8.43. The summed E-state index contributed by atoms with van der Waals surface area (Å²) in [6.07, 6.45) is 5.55. The largest absolute Gasteiger partial charge is 0.497 e. The number of hydrogen-bond acceptors (Lipinski definition) is 4. The lowest BCUT2D eigenvalue weighted by atomic mass is 10.1. The van der Waals surface area contributed by atoms with E-state index in [1.165, 1.54) is 18.4 Å². The highest BCUT2D eigenvalue weighted by molar-refractivity contribution is 5.80. The molecule has 2 aliphatic rings. The summed E-state index contributed by atoms with van der Waals surface area (Å²) in [6.45, 7) is 9.08. The Balaban J connectivity index is 1.35. The number of carbonyl (C=O) groups excluding carboxylic acids is 1. The second-order valence-electron chi connectivity index (χ2n) is 8.43. The Kier molecular flexibility index (Phi) is 9.46. The summed E-state index contributed by atoms with van der Waals surface area (Å²) in [6, 6.07) is 8.19. The van der Waals surface area contributed by atoms with Gasteiger partial charge in [0, 0.05) is 51.7 Å². The van der Waals surface area contributed by atoms with E-state index < -0.39 is 0 Å². The Hall–Kier alpha value is -2.28. The van der Waals surface area contributed by atoms with Crippen molar-refractivity contribution in [2.75, 3.05) is 59.5 Å². The van der Waals surface area contributed by atoms with Crippen LogP contribution in [0.4, 0.5) is 0 Å². The van der Waals surface area contributed by atoms with E-state index in [9.17, 15) is 4.79 Å². The molecule has 1 saturated heterocycles. The van der Waals surface area contributed by atoms with Crippen LogP contribution in [0.3, 0.4) is 0 Å². The average molecular weight is 430 g/mol. The molecular formula is C24H39N5O2. The first-order valence-electron chi connectivity index (χ1n) is 11.9. The number of nitrogens with one attached hydrogen (secondary N) is 2. The van der Waals surface area contributed by atoms with E-state index in [-0.39, 0.29) is 0 Å². The van der Waals surface area contributed by atoms with Crippen LogP contribution in [-0.4, -0.2) is 81.1 Å². The smallest absolute Gasteiger partial charge is 0.225 e. The molecule has 1 aliphatic carbocycles. The van der Waals surface area contributed by atoms with Gasteiger partial charge in [-0.3, -0.25) is 14.7 Å². The van der Waals surface area contributed by atoms with Crippen molar-refractivity contribution >= 4 is 11.9 Å². The molecule has 31 heavy (non-hydrogen) atoms. The number of aliphatic imine (C=N–C) groups is 1. The average Bonchev–Trinajstić information content (AvgIpc) is 3.34. The van der Waals surface area contributed by atoms with E-state index in [1.54, 1.807) is 7.11 Å². The number of piperazine rings is 1. The van der Waals surface area contributed by atoms with Crippen LogP contribution in [0.2, 0.25) is 0 Å². The Morgan fingerprint density at radius 1 is 1.10 bits per heavy atom. The van der Waals surface area contributed by atoms with E-state index in [1.807, 2.05) is 12.1 Å². The molecular weight excluding hydrogens is 390 g/mol. The number of methoxy groups -OCH3 is 1. The minimum Gasteiger partial charge on any atom is -0.497 e. The Labute approximate surface area is 187 Å². The van der Waals surface area contributed by atoms with Gasteiger partial charge in [0.25, 0.3) is 0 Å². The number of rotatable bonds is 9. The molecule has 0 spiro atoms. The lowest BCUT2D eigenvalue weighted by molar-refractivity contribution is -0.137. The summed E-state index contributed by atoms with van der Waals surface area (Å²) in [5.74, 6) is 2.44. The van der Waals surface area contributed by atoms with Crippen LogP contribution in [0.25, 0.3) is 0 Å². The van der Waals surface area contributed by atoms with Gasteiger partial charge in [-0.1, -0.05) is 25.0 Å². The zero-order valence-corrected chi connectivity index (χ0v) is 19.2. The highest BCUT2D eigenvalue weighted by Crippen LogP contribution is 2.26. The third-order valence-corrected chi connectivity index (χ3v) is 6.28. The summed E-state index contributed by atoms with van der Waals surface area (Å²) in [4.78, 5) is 21.8. The zero-order valence-electron chi connectivity index (χ0n) is 19.2. The van der Waals surface area contributed by atoms with Crippen LogP contribution in [-0.2, 0) is 11.2 Å². The van der Waals surface area contributed by atoms with Gasteiger partial charge in [0.15, 0.2) is 5.96 Å². The first kappa shape index (κ1) is 23.4. The molecule has 1 aliphatic heterocycles. The molecule has 2 N–H and O–H groups in total. The summed E-state index contributed by atoms with van der Waals surface area (Å²) >= 11 is 0. The predicted molar refractivity (Wildman–Crippen MR) is 126 cm³/mol. The number of ether oxygens (including phenoxy) is 1. The minimum atomic E-state index is 0.294. The first-order valence-corrected chi connectivity index (χ1v) is 11.9. The van der Waals surface area contributed by atoms with Crippen molar-refractivity contribution in [2.24, 2.45) is 10.9 Å². The number of hydrogen-bond donors (Lipinski definition) is 2. The van der Waals surface area contributed by atoms with E-state index in [0.29, 0.717) is 11.8 Å². The lowest BCUT2D eigenvalue weighted by Crippen LogP contribution is -2.50. The van der Waals surface area contributed by atoms with E-state index in [2.05, 4.69) is 39.5 Å². The molecule has 2 fully saturated rings. The van der Waals surface area contributed by atoms with Crippen LogP contribution >= 0.6 is 0 Å². The number of benzene rings is 1. The molecule has 1 aromatic rings. The topological polar surface area (TPSA) is 69.2 Å². The second kappa shape index (κ2) is 12.5. The van der Waals surface area contributed by atoms with E-state index in [4.69, 9.17) is 9.73 Å². The van der Waals surface area contributed by atoms with Crippen LogP contribution in [0, 0.1) is 5.92 Å². The van der Waals surface area contributed by atoms with Crippen LogP contribution in [0.1, 0.15) is 38.2 Å². The quantitative estimate of drug-likeness (QED) is 0.465. The number of amides is 1. The molecule has 1 amide bonds. The van der Waals surface area contributed by atoms with Crippen LogP contribution in [0.15, 0.2) is 29.3 Å². The molecule has 0 bridgehead atoms. The summed E-state index contributed by atoms with van der Waals surface area (Å²) in [7, 11) is 1.69. The molecule has 3 rings (SSSR count). The van der Waals surface area contributed by atoms with Crippen molar-refractivity contribution in [1.82, 2.24) is 20.4 Å². The SMILES string of the molecule is CCNC(=NCCN1CCN(C(=O)C2CCCC2)CC1)NCCc1ccc(OC)cc1. The van der Waals surface area contributed by atoms with Gasteiger partial charge in [0.05, 0.1) is 13.7 Å². The van der Waals surface area contributed by atoms with Crippen LogP contribution in [0.5, 0.6) is 5.75 Å². The van der Waals surface area contributed by atoms with Crippen molar-refractivity contribution in [3.05, 3.63) is 29.8 Å². The first-order chi connectivity index (χ1) is 15.2. The number of carbonyl (C=O) groups is 1.